The molecule has 3 aromatic rings. The average Bonchev–Trinajstić information content (AvgIpc) is 3.10. The Morgan fingerprint density at radius 3 is 2.38 bits per heavy atom. The van der Waals surface area contributed by atoms with Gasteiger partial charge >= 0.3 is 6.18 Å². The Morgan fingerprint density at radius 2 is 1.79 bits per heavy atom. The first-order valence-electron chi connectivity index (χ1n) is 9.51. The summed E-state index contributed by atoms with van der Waals surface area (Å²) in [5, 5.41) is 4.56. The number of Topliss-reactive ketones (excluding diaryl/α,β-unsaturated/α-hetero) is 1. The van der Waals surface area contributed by atoms with Gasteiger partial charge in [0, 0.05) is 18.2 Å². The fourth-order valence-corrected chi connectivity index (χ4v) is 3.25. The standard InChI is InChI=1S/C23H23F3N2O/c1-15(2)22-18(7-12-21(29)17-6-4-5-16(3)13-17)14-28(27-22)20-10-8-19(9-11-20)23(24,25)26/h4-6,8-11,13-15H,7,12H2,1-3H3. The molecule has 0 saturated heterocycles. The number of benzene rings is 2. The molecule has 0 saturated carbocycles. The predicted molar refractivity (Wildman–Crippen MR) is 106 cm³/mol. The number of hydrogen-bond donors (Lipinski definition) is 0. The smallest absolute Gasteiger partial charge is 0.294 e. The molecular formula is C23H23F3N2O. The summed E-state index contributed by atoms with van der Waals surface area (Å²) in [6, 6.07) is 12.4. The average molecular weight is 400 g/mol. The van der Waals surface area contributed by atoms with Gasteiger partial charge in [0.25, 0.3) is 0 Å². The number of aryl methyl sites for hydroxylation is 2. The van der Waals surface area contributed by atoms with Crippen molar-refractivity contribution < 1.29 is 18.0 Å². The molecule has 0 aliphatic carbocycles. The molecule has 1 aromatic heterocycles. The van der Waals surface area contributed by atoms with Gasteiger partial charge in [-0.3, -0.25) is 4.79 Å². The van der Waals surface area contributed by atoms with E-state index in [2.05, 4.69) is 5.10 Å². The summed E-state index contributed by atoms with van der Waals surface area (Å²) in [6.45, 7) is 5.96. The highest BCUT2D eigenvalue weighted by Crippen LogP contribution is 2.30. The molecule has 0 amide bonds. The van der Waals surface area contributed by atoms with Crippen molar-refractivity contribution in [2.24, 2.45) is 0 Å². The van der Waals surface area contributed by atoms with Crippen molar-refractivity contribution in [3.63, 3.8) is 0 Å². The van der Waals surface area contributed by atoms with Crippen LogP contribution in [0.3, 0.4) is 0 Å². The van der Waals surface area contributed by atoms with Gasteiger partial charge in [-0.1, -0.05) is 37.6 Å². The largest absolute Gasteiger partial charge is 0.416 e. The molecule has 0 aliphatic heterocycles. The molecule has 2 aromatic carbocycles. The van der Waals surface area contributed by atoms with Gasteiger partial charge in [-0.2, -0.15) is 18.3 Å². The number of rotatable bonds is 6. The number of halogens is 3. The minimum absolute atomic E-state index is 0.0608. The number of aromatic nitrogens is 2. The Balaban J connectivity index is 1.81. The highest BCUT2D eigenvalue weighted by atomic mass is 19.4. The molecule has 3 nitrogen and oxygen atoms in total. The quantitative estimate of drug-likeness (QED) is 0.466. The maximum Gasteiger partial charge on any atom is 0.416 e. The predicted octanol–water partition coefficient (Wildman–Crippen LogP) is 6.14. The Hall–Kier alpha value is -2.89. The molecule has 0 fully saturated rings. The molecule has 0 spiro atoms. The third-order valence-electron chi connectivity index (χ3n) is 4.79. The van der Waals surface area contributed by atoms with E-state index in [1.807, 2.05) is 45.0 Å². The monoisotopic (exact) mass is 400 g/mol. The highest BCUT2D eigenvalue weighted by molar-refractivity contribution is 5.96. The summed E-state index contributed by atoms with van der Waals surface area (Å²) in [5.41, 5.74) is 3.36. The van der Waals surface area contributed by atoms with Gasteiger partial charge in [-0.25, -0.2) is 4.68 Å². The zero-order chi connectivity index (χ0) is 21.2. The summed E-state index contributed by atoms with van der Waals surface area (Å²) < 4.78 is 39.9. The molecule has 0 N–H and O–H groups in total. The first kappa shape index (κ1) is 20.8. The van der Waals surface area contributed by atoms with Gasteiger partial charge in [-0.05, 0) is 55.2 Å². The molecule has 6 heteroatoms. The van der Waals surface area contributed by atoms with E-state index in [0.29, 0.717) is 24.1 Å². The molecule has 0 bridgehead atoms. The van der Waals surface area contributed by atoms with Gasteiger partial charge in [0.05, 0.1) is 16.9 Å². The van der Waals surface area contributed by atoms with E-state index >= 15 is 0 Å². The minimum atomic E-state index is -4.37. The topological polar surface area (TPSA) is 34.9 Å². The van der Waals surface area contributed by atoms with Crippen LogP contribution in [0.4, 0.5) is 13.2 Å². The molecule has 29 heavy (non-hydrogen) atoms. The summed E-state index contributed by atoms with van der Waals surface area (Å²) in [4.78, 5) is 12.5. The lowest BCUT2D eigenvalue weighted by atomic mass is 9.99. The van der Waals surface area contributed by atoms with Crippen molar-refractivity contribution in [1.29, 1.82) is 0 Å². The number of carbonyl (C=O) groups excluding carboxylic acids is 1. The number of hydrogen-bond acceptors (Lipinski definition) is 2. The highest BCUT2D eigenvalue weighted by Gasteiger charge is 2.30. The third kappa shape index (κ3) is 4.94. The number of alkyl halides is 3. The Bertz CT molecular complexity index is 1000. The summed E-state index contributed by atoms with van der Waals surface area (Å²) in [7, 11) is 0. The Kier molecular flexibility index (Phi) is 5.91. The van der Waals surface area contributed by atoms with Crippen LogP contribution in [0.5, 0.6) is 0 Å². The normalized spacial score (nSPS) is 11.8. The number of carbonyl (C=O) groups is 1. The Labute approximate surface area is 168 Å². The van der Waals surface area contributed by atoms with E-state index in [1.165, 1.54) is 12.1 Å². The maximum absolute atomic E-state index is 12.8. The van der Waals surface area contributed by atoms with Gasteiger partial charge in [0.2, 0.25) is 0 Å². The second kappa shape index (κ2) is 8.23. The molecule has 1 heterocycles. The van der Waals surface area contributed by atoms with E-state index in [0.717, 1.165) is 29.0 Å². The molecule has 3 rings (SSSR count). The van der Waals surface area contributed by atoms with Crippen molar-refractivity contribution >= 4 is 5.78 Å². The lowest BCUT2D eigenvalue weighted by Gasteiger charge is -2.07. The molecule has 152 valence electrons. The van der Waals surface area contributed by atoms with E-state index < -0.39 is 11.7 Å². The summed E-state index contributed by atoms with van der Waals surface area (Å²) in [5.74, 6) is 0.195. The van der Waals surface area contributed by atoms with Crippen molar-refractivity contribution in [3.05, 3.63) is 82.7 Å². The van der Waals surface area contributed by atoms with Crippen LogP contribution in [-0.2, 0) is 12.6 Å². The Morgan fingerprint density at radius 1 is 1.10 bits per heavy atom. The van der Waals surface area contributed by atoms with Gasteiger partial charge in [0.1, 0.15) is 0 Å². The van der Waals surface area contributed by atoms with Crippen LogP contribution in [0.2, 0.25) is 0 Å². The fourth-order valence-electron chi connectivity index (χ4n) is 3.25. The van der Waals surface area contributed by atoms with Gasteiger partial charge in [0.15, 0.2) is 5.78 Å². The van der Waals surface area contributed by atoms with Crippen molar-refractivity contribution in [2.45, 2.75) is 45.7 Å². The molecule has 0 atom stereocenters. The first-order valence-corrected chi connectivity index (χ1v) is 9.51. The van der Waals surface area contributed by atoms with E-state index in [4.69, 9.17) is 0 Å². The lowest BCUT2D eigenvalue weighted by Crippen LogP contribution is -2.05. The summed E-state index contributed by atoms with van der Waals surface area (Å²) >= 11 is 0. The minimum Gasteiger partial charge on any atom is -0.294 e. The van der Waals surface area contributed by atoms with E-state index in [9.17, 15) is 18.0 Å². The zero-order valence-electron chi connectivity index (χ0n) is 16.6. The SMILES string of the molecule is Cc1cccc(C(=O)CCc2cn(-c3ccc(C(F)(F)F)cc3)nc2C(C)C)c1. The third-order valence-corrected chi connectivity index (χ3v) is 4.79. The van der Waals surface area contributed by atoms with Gasteiger partial charge in [-0.15, -0.1) is 0 Å². The second-order valence-electron chi connectivity index (χ2n) is 7.48. The molecule has 0 unspecified atom stereocenters. The number of ketones is 1. The maximum atomic E-state index is 12.8. The van der Waals surface area contributed by atoms with Crippen LogP contribution in [-0.4, -0.2) is 15.6 Å². The molecule has 0 aliphatic rings. The van der Waals surface area contributed by atoms with Crippen molar-refractivity contribution in [3.8, 4) is 5.69 Å². The first-order chi connectivity index (χ1) is 13.6. The fraction of sp³-hybridized carbons (Fsp3) is 0.304. The summed E-state index contributed by atoms with van der Waals surface area (Å²) in [6.07, 6.45) is -1.68. The van der Waals surface area contributed by atoms with Crippen LogP contribution in [0.15, 0.2) is 54.7 Å². The molecular weight excluding hydrogens is 377 g/mol. The van der Waals surface area contributed by atoms with Crippen LogP contribution < -0.4 is 0 Å². The van der Waals surface area contributed by atoms with Crippen LogP contribution in [0.25, 0.3) is 5.69 Å². The van der Waals surface area contributed by atoms with Crippen LogP contribution in [0.1, 0.15) is 58.9 Å². The second-order valence-corrected chi connectivity index (χ2v) is 7.48. The zero-order valence-corrected chi connectivity index (χ0v) is 16.6. The van der Waals surface area contributed by atoms with Crippen LogP contribution in [0, 0.1) is 6.92 Å². The van der Waals surface area contributed by atoms with E-state index in [-0.39, 0.29) is 11.7 Å². The lowest BCUT2D eigenvalue weighted by molar-refractivity contribution is -0.137. The molecule has 0 radical (unpaired) electrons. The van der Waals surface area contributed by atoms with Crippen molar-refractivity contribution in [2.75, 3.05) is 0 Å². The van der Waals surface area contributed by atoms with Crippen molar-refractivity contribution in [1.82, 2.24) is 9.78 Å². The number of nitrogens with zero attached hydrogens (tertiary/aromatic N) is 2. The van der Waals surface area contributed by atoms with Gasteiger partial charge < -0.3 is 0 Å². The van der Waals surface area contributed by atoms with Crippen LogP contribution >= 0.6 is 0 Å². The van der Waals surface area contributed by atoms with E-state index in [1.54, 1.807) is 10.9 Å².